The molecule has 172 valence electrons. The number of fused-ring (bicyclic) bond motifs is 1. The third-order valence-corrected chi connectivity index (χ3v) is 7.91. The summed E-state index contributed by atoms with van der Waals surface area (Å²) in [5.41, 5.74) is 4.39. The Hall–Kier alpha value is -3.18. The van der Waals surface area contributed by atoms with Crippen LogP contribution in [0.4, 0.5) is 0 Å². The quantitative estimate of drug-likeness (QED) is 0.524. The van der Waals surface area contributed by atoms with E-state index in [0.717, 1.165) is 39.5 Å². The summed E-state index contributed by atoms with van der Waals surface area (Å²) in [5.74, 6) is -0.335. The number of carbonyl (C=O) groups is 1. The summed E-state index contributed by atoms with van der Waals surface area (Å²) in [5, 5.41) is 8.40. The van der Waals surface area contributed by atoms with Gasteiger partial charge in [0, 0.05) is 11.4 Å². The van der Waals surface area contributed by atoms with E-state index in [-0.39, 0.29) is 27.5 Å². The predicted molar refractivity (Wildman–Crippen MR) is 131 cm³/mol. The van der Waals surface area contributed by atoms with Crippen molar-refractivity contribution in [2.24, 2.45) is 9.39 Å². The van der Waals surface area contributed by atoms with E-state index >= 15 is 0 Å². The molecule has 3 heterocycles. The van der Waals surface area contributed by atoms with Crippen molar-refractivity contribution in [1.82, 2.24) is 9.47 Å². The fourth-order valence-corrected chi connectivity index (χ4v) is 5.73. The molecule has 2 aliphatic heterocycles. The molecule has 2 aliphatic rings. The number of amides is 1. The SMILES string of the molecule is CCS(=O)(=O)C1=NSC2=NC(=O)/C(=C\c3cc(C)n(-c4cc(C)ccc4OC)c3C)C(=N)N21. The Morgan fingerprint density at radius 3 is 2.61 bits per heavy atom. The Kier molecular flexibility index (Phi) is 5.79. The molecule has 0 saturated carbocycles. The molecular weight excluding hydrogens is 462 g/mol. The Bertz CT molecular complexity index is 1400. The summed E-state index contributed by atoms with van der Waals surface area (Å²) in [6.45, 7) is 7.35. The van der Waals surface area contributed by atoms with Crippen LogP contribution in [0.2, 0.25) is 0 Å². The second-order valence-corrected chi connectivity index (χ2v) is 10.5. The van der Waals surface area contributed by atoms with Gasteiger partial charge in [-0.2, -0.15) is 9.39 Å². The highest BCUT2D eigenvalue weighted by atomic mass is 32.2. The first kappa shape index (κ1) is 23.0. The average Bonchev–Trinajstić information content (AvgIpc) is 3.32. The van der Waals surface area contributed by atoms with Crippen LogP contribution in [-0.2, 0) is 14.6 Å². The second kappa shape index (κ2) is 8.31. The summed E-state index contributed by atoms with van der Waals surface area (Å²) < 4.78 is 36.4. The number of amidine groups is 3. The molecule has 1 N–H and O–H groups in total. The lowest BCUT2D eigenvalue weighted by Crippen LogP contribution is -2.45. The van der Waals surface area contributed by atoms with Gasteiger partial charge in [-0.3, -0.25) is 10.2 Å². The van der Waals surface area contributed by atoms with Gasteiger partial charge in [0.25, 0.3) is 5.91 Å². The van der Waals surface area contributed by atoms with Crippen LogP contribution < -0.4 is 4.74 Å². The van der Waals surface area contributed by atoms with Crippen LogP contribution in [-0.4, -0.2) is 52.8 Å². The fourth-order valence-electron chi connectivity index (χ4n) is 3.76. The summed E-state index contributed by atoms with van der Waals surface area (Å²) in [6, 6.07) is 7.78. The van der Waals surface area contributed by atoms with E-state index in [0.29, 0.717) is 11.3 Å². The van der Waals surface area contributed by atoms with Gasteiger partial charge in [-0.15, -0.1) is 0 Å². The minimum absolute atomic E-state index is 0.00305. The largest absolute Gasteiger partial charge is 0.495 e. The molecule has 0 unspecified atom stereocenters. The van der Waals surface area contributed by atoms with Gasteiger partial charge < -0.3 is 9.30 Å². The Morgan fingerprint density at radius 1 is 1.21 bits per heavy atom. The number of rotatable bonds is 4. The molecular formula is C22H23N5O4S2. The second-order valence-electron chi connectivity index (χ2n) is 7.65. The summed E-state index contributed by atoms with van der Waals surface area (Å²) >= 11 is 0.783. The molecule has 9 nitrogen and oxygen atoms in total. The van der Waals surface area contributed by atoms with E-state index in [1.807, 2.05) is 49.6 Å². The lowest BCUT2D eigenvalue weighted by molar-refractivity contribution is -0.114. The van der Waals surface area contributed by atoms with Gasteiger partial charge in [-0.05, 0) is 56.2 Å². The standard InChI is InChI=1S/C22H23N5O4S2/c1-6-33(29,30)22-25-32-21-24-20(28)16(19(23)27(21)22)11-15-10-13(3)26(14(15)4)17-9-12(2)7-8-18(17)31-5/h7-11,23H,6H2,1-5H3/b16-11-,23-19?. The number of nitrogens with zero attached hydrogens (tertiary/aromatic N) is 4. The van der Waals surface area contributed by atoms with Gasteiger partial charge in [0.1, 0.15) is 11.6 Å². The van der Waals surface area contributed by atoms with Crippen LogP contribution in [0.3, 0.4) is 0 Å². The monoisotopic (exact) mass is 485 g/mol. The number of aliphatic imine (C=N–C) groups is 1. The third kappa shape index (κ3) is 3.80. The molecule has 0 fully saturated rings. The van der Waals surface area contributed by atoms with E-state index in [9.17, 15) is 13.2 Å². The van der Waals surface area contributed by atoms with Crippen LogP contribution in [0, 0.1) is 26.2 Å². The Balaban J connectivity index is 1.81. The lowest BCUT2D eigenvalue weighted by Gasteiger charge is -2.24. The predicted octanol–water partition coefficient (Wildman–Crippen LogP) is 3.42. The van der Waals surface area contributed by atoms with Crippen LogP contribution in [0.25, 0.3) is 11.8 Å². The summed E-state index contributed by atoms with van der Waals surface area (Å²) in [7, 11) is -2.09. The van der Waals surface area contributed by atoms with E-state index in [4.69, 9.17) is 10.1 Å². The number of carbonyl (C=O) groups excluding carboxylic acids is 1. The van der Waals surface area contributed by atoms with Gasteiger partial charge in [0.2, 0.25) is 20.2 Å². The summed E-state index contributed by atoms with van der Waals surface area (Å²) in [4.78, 5) is 17.8. The van der Waals surface area contributed by atoms with Crippen molar-refractivity contribution in [3.05, 3.63) is 52.4 Å². The number of hydrogen-bond acceptors (Lipinski definition) is 7. The highest BCUT2D eigenvalue weighted by molar-refractivity contribution is 8.16. The third-order valence-electron chi connectivity index (χ3n) is 5.50. The molecule has 33 heavy (non-hydrogen) atoms. The maximum Gasteiger partial charge on any atom is 0.283 e. The molecule has 0 saturated heterocycles. The molecule has 0 aliphatic carbocycles. The van der Waals surface area contributed by atoms with Crippen molar-refractivity contribution in [2.75, 3.05) is 12.9 Å². The zero-order chi connectivity index (χ0) is 24.1. The summed E-state index contributed by atoms with van der Waals surface area (Å²) in [6.07, 6.45) is 1.57. The minimum atomic E-state index is -3.70. The van der Waals surface area contributed by atoms with Gasteiger partial charge >= 0.3 is 0 Å². The van der Waals surface area contributed by atoms with Gasteiger partial charge in [0.05, 0.1) is 36.1 Å². The van der Waals surface area contributed by atoms with E-state index < -0.39 is 15.7 Å². The van der Waals surface area contributed by atoms with Gasteiger partial charge in [-0.1, -0.05) is 13.0 Å². The molecule has 0 radical (unpaired) electrons. The molecule has 2 aromatic rings. The highest BCUT2D eigenvalue weighted by Gasteiger charge is 2.42. The normalized spacial score (nSPS) is 17.4. The first-order valence-corrected chi connectivity index (χ1v) is 12.6. The van der Waals surface area contributed by atoms with Crippen molar-refractivity contribution >= 4 is 49.9 Å². The van der Waals surface area contributed by atoms with Gasteiger partial charge in [0.15, 0.2) is 0 Å². The topological polar surface area (TPSA) is 117 Å². The Labute approximate surface area is 196 Å². The average molecular weight is 486 g/mol. The number of benzene rings is 1. The minimum Gasteiger partial charge on any atom is -0.495 e. The van der Waals surface area contributed by atoms with Crippen LogP contribution in [0.5, 0.6) is 5.75 Å². The first-order chi connectivity index (χ1) is 15.6. The zero-order valence-electron chi connectivity index (χ0n) is 18.8. The molecule has 0 atom stereocenters. The number of nitrogens with one attached hydrogen (secondary N) is 1. The van der Waals surface area contributed by atoms with Crippen LogP contribution >= 0.6 is 11.9 Å². The molecule has 0 spiro atoms. The lowest BCUT2D eigenvalue weighted by atomic mass is 10.1. The van der Waals surface area contributed by atoms with E-state index in [2.05, 4.69) is 9.39 Å². The fraction of sp³-hybridized carbons (Fsp3) is 0.273. The molecule has 0 bridgehead atoms. The van der Waals surface area contributed by atoms with E-state index in [1.54, 1.807) is 13.2 Å². The number of hydrogen-bond donors (Lipinski definition) is 1. The zero-order valence-corrected chi connectivity index (χ0v) is 20.5. The first-order valence-electron chi connectivity index (χ1n) is 10.1. The molecule has 1 aromatic carbocycles. The van der Waals surface area contributed by atoms with E-state index in [1.165, 1.54) is 6.92 Å². The van der Waals surface area contributed by atoms with Crippen molar-refractivity contribution in [3.8, 4) is 11.4 Å². The molecule has 4 rings (SSSR count). The molecule has 1 amide bonds. The maximum atomic E-state index is 12.7. The van der Waals surface area contributed by atoms with Crippen molar-refractivity contribution in [3.63, 3.8) is 0 Å². The Morgan fingerprint density at radius 2 is 1.94 bits per heavy atom. The van der Waals surface area contributed by atoms with Gasteiger partial charge in [-0.25, -0.2) is 13.3 Å². The number of sulfone groups is 1. The maximum absolute atomic E-state index is 12.7. The van der Waals surface area contributed by atoms with Crippen molar-refractivity contribution in [1.29, 1.82) is 5.41 Å². The smallest absolute Gasteiger partial charge is 0.283 e. The number of aryl methyl sites for hydroxylation is 2. The molecule has 11 heteroatoms. The molecule has 1 aromatic heterocycles. The number of aromatic nitrogens is 1. The van der Waals surface area contributed by atoms with Crippen LogP contribution in [0.1, 0.15) is 29.4 Å². The number of ether oxygens (including phenoxy) is 1. The van der Waals surface area contributed by atoms with Crippen LogP contribution in [0.15, 0.2) is 39.2 Å². The highest BCUT2D eigenvalue weighted by Crippen LogP contribution is 2.33. The van der Waals surface area contributed by atoms with Crippen molar-refractivity contribution in [2.45, 2.75) is 27.7 Å². The van der Waals surface area contributed by atoms with Crippen molar-refractivity contribution < 1.29 is 17.9 Å². The number of methoxy groups -OCH3 is 1.